The van der Waals surface area contributed by atoms with Crippen LogP contribution in [0.1, 0.15) is 16.7 Å². The first-order valence-electron chi connectivity index (χ1n) is 10.2. The van der Waals surface area contributed by atoms with E-state index in [1.807, 2.05) is 0 Å². The Morgan fingerprint density at radius 3 is 1.50 bits per heavy atom. The van der Waals surface area contributed by atoms with Crippen molar-refractivity contribution in [2.75, 3.05) is 13.1 Å². The lowest BCUT2D eigenvalue weighted by atomic mass is 9.93. The second-order valence-electron chi connectivity index (χ2n) is 7.91. The summed E-state index contributed by atoms with van der Waals surface area (Å²) in [7, 11) is 0. The van der Waals surface area contributed by atoms with Gasteiger partial charge in [0.1, 0.15) is 0 Å². The molecule has 2 nitrogen and oxygen atoms in total. The largest absolute Gasteiger partial charge is 0.290 e. The summed E-state index contributed by atoms with van der Waals surface area (Å²) in [5.41, 5.74) is 1.42. The summed E-state index contributed by atoms with van der Waals surface area (Å²) in [4.78, 5) is 14.9. The minimum Gasteiger partial charge on any atom is -0.290 e. The topological polar surface area (TPSA) is 20.3 Å². The second kappa shape index (κ2) is 9.69. The zero-order chi connectivity index (χ0) is 24.4. The molecule has 4 rings (SSSR count). The Morgan fingerprint density at radius 2 is 1.06 bits per heavy atom. The lowest BCUT2D eigenvalue weighted by Gasteiger charge is -2.30. The predicted molar refractivity (Wildman–Crippen MR) is 115 cm³/mol. The molecule has 1 aliphatic heterocycles. The molecule has 34 heavy (non-hydrogen) atoms. The van der Waals surface area contributed by atoms with Gasteiger partial charge < -0.3 is 0 Å². The van der Waals surface area contributed by atoms with Gasteiger partial charge in [-0.1, -0.05) is 18.2 Å². The number of likely N-dealkylation sites (tertiary alicyclic amines) is 1. The number of nitrogens with zero attached hydrogens (tertiary/aromatic N) is 1. The molecule has 8 heteroatoms. The van der Waals surface area contributed by atoms with Gasteiger partial charge in [-0.3, -0.25) is 9.69 Å². The van der Waals surface area contributed by atoms with Crippen molar-refractivity contribution in [1.82, 2.24) is 4.90 Å². The Labute approximate surface area is 191 Å². The van der Waals surface area contributed by atoms with E-state index in [1.165, 1.54) is 30.4 Å². The molecule has 3 aromatic carbocycles. The summed E-state index contributed by atoms with van der Waals surface area (Å²) in [5.74, 6) is -6.62. The number of hydrogen-bond acceptors (Lipinski definition) is 2. The van der Waals surface area contributed by atoms with E-state index in [2.05, 4.69) is 0 Å². The smallest absolute Gasteiger partial charge is 0.187 e. The molecule has 1 heterocycles. The van der Waals surface area contributed by atoms with Gasteiger partial charge in [-0.05, 0) is 65.2 Å². The van der Waals surface area contributed by atoms with E-state index in [0.717, 1.165) is 36.4 Å². The molecular weight excluding hydrogens is 456 g/mol. The fraction of sp³-hybridized carbons (Fsp3) is 0.115. The number of halogens is 6. The highest BCUT2D eigenvalue weighted by Gasteiger charge is 2.26. The molecular formula is C26H17F6NO. The van der Waals surface area contributed by atoms with Gasteiger partial charge in [-0.15, -0.1) is 0 Å². The molecule has 0 bridgehead atoms. The molecule has 0 unspecified atom stereocenters. The third kappa shape index (κ3) is 5.28. The van der Waals surface area contributed by atoms with E-state index in [-0.39, 0.29) is 41.9 Å². The Bertz CT molecular complexity index is 1260. The quantitative estimate of drug-likeness (QED) is 0.339. The molecule has 3 aromatic rings. The second-order valence-corrected chi connectivity index (χ2v) is 7.91. The number of benzene rings is 3. The van der Waals surface area contributed by atoms with Crippen LogP contribution in [0.25, 0.3) is 12.2 Å². The van der Waals surface area contributed by atoms with Crippen molar-refractivity contribution < 1.29 is 31.1 Å². The number of piperidine rings is 1. The van der Waals surface area contributed by atoms with Gasteiger partial charge in [0.15, 0.2) is 40.7 Å². The van der Waals surface area contributed by atoms with Crippen LogP contribution in [-0.2, 0) is 11.3 Å². The van der Waals surface area contributed by atoms with Gasteiger partial charge in [0, 0.05) is 30.8 Å². The lowest BCUT2D eigenvalue weighted by molar-refractivity contribution is -0.113. The Morgan fingerprint density at radius 1 is 0.618 bits per heavy atom. The van der Waals surface area contributed by atoms with Crippen molar-refractivity contribution in [3.05, 3.63) is 117 Å². The molecule has 174 valence electrons. The van der Waals surface area contributed by atoms with E-state index in [0.29, 0.717) is 5.56 Å². The summed E-state index contributed by atoms with van der Waals surface area (Å²) in [6, 6.07) is 9.84. The van der Waals surface area contributed by atoms with Crippen molar-refractivity contribution in [3.8, 4) is 0 Å². The van der Waals surface area contributed by atoms with Gasteiger partial charge in [0.05, 0.1) is 0 Å². The van der Waals surface area contributed by atoms with Crippen LogP contribution in [0.3, 0.4) is 0 Å². The Balaban J connectivity index is 1.71. The van der Waals surface area contributed by atoms with Gasteiger partial charge in [-0.2, -0.15) is 0 Å². The molecule has 0 radical (unpaired) electrons. The lowest BCUT2D eigenvalue weighted by Crippen LogP contribution is -2.37. The molecule has 0 saturated carbocycles. The number of Topliss-reactive ketones (excluding diaryl/α,β-unsaturated/α-hetero) is 1. The number of ketones is 1. The molecule has 0 spiro atoms. The highest BCUT2D eigenvalue weighted by Crippen LogP contribution is 2.25. The zero-order valence-electron chi connectivity index (χ0n) is 17.6. The van der Waals surface area contributed by atoms with Crippen LogP contribution in [0, 0.1) is 34.9 Å². The van der Waals surface area contributed by atoms with Gasteiger partial charge in [0.2, 0.25) is 0 Å². The number of carbonyl (C=O) groups excluding carboxylic acids is 1. The van der Waals surface area contributed by atoms with E-state index >= 15 is 0 Å². The van der Waals surface area contributed by atoms with Crippen LogP contribution in [-0.4, -0.2) is 23.8 Å². The van der Waals surface area contributed by atoms with Gasteiger partial charge in [-0.25, -0.2) is 26.3 Å². The number of rotatable bonds is 4. The van der Waals surface area contributed by atoms with Crippen molar-refractivity contribution in [1.29, 1.82) is 0 Å². The van der Waals surface area contributed by atoms with Gasteiger partial charge in [0.25, 0.3) is 0 Å². The first-order valence-corrected chi connectivity index (χ1v) is 10.2. The van der Waals surface area contributed by atoms with Crippen LogP contribution in [0.2, 0.25) is 0 Å². The number of carbonyl (C=O) groups is 1. The average molecular weight is 473 g/mol. The first kappa shape index (κ1) is 23.5. The monoisotopic (exact) mass is 473 g/mol. The third-order valence-electron chi connectivity index (χ3n) is 5.33. The van der Waals surface area contributed by atoms with E-state index in [4.69, 9.17) is 0 Å². The Hall–Kier alpha value is -3.65. The van der Waals surface area contributed by atoms with Crippen LogP contribution < -0.4 is 0 Å². The average Bonchev–Trinajstić information content (AvgIpc) is 2.79. The van der Waals surface area contributed by atoms with E-state index in [1.54, 1.807) is 4.90 Å². The summed E-state index contributed by atoms with van der Waals surface area (Å²) in [6.07, 6.45) is 2.81. The zero-order valence-corrected chi connectivity index (χ0v) is 17.6. The molecule has 1 fully saturated rings. The highest BCUT2D eigenvalue weighted by atomic mass is 19.2. The summed E-state index contributed by atoms with van der Waals surface area (Å²) in [6.45, 7) is 0.326. The normalized spacial score (nSPS) is 17.1. The van der Waals surface area contributed by atoms with Crippen LogP contribution in [0.4, 0.5) is 26.3 Å². The minimum absolute atomic E-state index is 0.0892. The highest BCUT2D eigenvalue weighted by molar-refractivity contribution is 6.14. The maximum Gasteiger partial charge on any atom is 0.187 e. The Kier molecular flexibility index (Phi) is 6.70. The molecule has 0 aromatic heterocycles. The molecule has 0 atom stereocenters. The predicted octanol–water partition coefficient (Wildman–Crippen LogP) is 6.07. The first-order chi connectivity index (χ1) is 16.2. The third-order valence-corrected chi connectivity index (χ3v) is 5.33. The molecule has 1 aliphatic rings. The van der Waals surface area contributed by atoms with Crippen LogP contribution in [0.15, 0.2) is 65.7 Å². The fourth-order valence-corrected chi connectivity index (χ4v) is 3.72. The molecule has 0 aliphatic carbocycles. The summed E-state index contributed by atoms with van der Waals surface area (Å²) in [5, 5.41) is 0. The van der Waals surface area contributed by atoms with Gasteiger partial charge >= 0.3 is 0 Å². The molecule has 0 amide bonds. The minimum atomic E-state index is -1.08. The molecule has 1 saturated heterocycles. The summed E-state index contributed by atoms with van der Waals surface area (Å²) < 4.78 is 80.8. The van der Waals surface area contributed by atoms with Crippen molar-refractivity contribution in [2.45, 2.75) is 6.54 Å². The van der Waals surface area contributed by atoms with Crippen LogP contribution in [0.5, 0.6) is 0 Å². The standard InChI is InChI=1S/C26H17F6NO/c27-20-4-1-15(9-23(20)30)7-18-13-33(12-17-3-6-22(29)25(32)11-17)14-19(26(18)34)8-16-2-5-21(28)24(31)10-16/h1-11H,12-14H2/b18-7+,19-8+. The van der Waals surface area contributed by atoms with E-state index < -0.39 is 40.7 Å². The fourth-order valence-electron chi connectivity index (χ4n) is 3.72. The SMILES string of the molecule is O=C1/C(=C/c2ccc(F)c(F)c2)CN(Cc2ccc(F)c(F)c2)C/C1=C\c1ccc(F)c(F)c1. The summed E-state index contributed by atoms with van der Waals surface area (Å²) >= 11 is 0. The molecule has 0 N–H and O–H groups in total. The van der Waals surface area contributed by atoms with E-state index in [9.17, 15) is 31.1 Å². The maximum absolute atomic E-state index is 13.7. The van der Waals surface area contributed by atoms with Crippen molar-refractivity contribution >= 4 is 17.9 Å². The maximum atomic E-state index is 13.7. The van der Waals surface area contributed by atoms with Crippen molar-refractivity contribution in [3.63, 3.8) is 0 Å². The number of hydrogen-bond donors (Lipinski definition) is 0. The van der Waals surface area contributed by atoms with Crippen molar-refractivity contribution in [2.24, 2.45) is 0 Å². The van der Waals surface area contributed by atoms with Crippen LogP contribution >= 0.6 is 0 Å².